The summed E-state index contributed by atoms with van der Waals surface area (Å²) in [5.41, 5.74) is 3.47. The summed E-state index contributed by atoms with van der Waals surface area (Å²) in [4.78, 5) is 15.0. The molecule has 2 aromatic rings. The smallest absolute Gasteiger partial charge is 0.166 e. The van der Waals surface area contributed by atoms with Crippen LogP contribution in [0.3, 0.4) is 0 Å². The third-order valence-electron chi connectivity index (χ3n) is 5.85. The zero-order chi connectivity index (χ0) is 17.2. The maximum absolute atomic E-state index is 12.6. The lowest BCUT2D eigenvalue weighted by Crippen LogP contribution is -2.51. The number of rotatable bonds is 3. The minimum absolute atomic E-state index is 0.117. The molecule has 1 saturated heterocycles. The number of likely N-dealkylation sites (tertiary alicyclic amines) is 1. The molecule has 0 bridgehead atoms. The minimum atomic E-state index is -0.309. The Bertz CT molecular complexity index is 735. The molecule has 2 aliphatic rings. The fourth-order valence-electron chi connectivity index (χ4n) is 4.38. The van der Waals surface area contributed by atoms with Gasteiger partial charge in [-0.15, -0.1) is 0 Å². The third-order valence-corrected chi connectivity index (χ3v) is 5.85. The number of benzene rings is 2. The molecule has 4 rings (SSSR count). The van der Waals surface area contributed by atoms with Gasteiger partial charge in [0.25, 0.3) is 0 Å². The molecule has 0 radical (unpaired) electrons. The molecule has 2 atom stereocenters. The van der Waals surface area contributed by atoms with Crippen molar-refractivity contribution in [3.05, 3.63) is 71.3 Å². The molecular formula is C22H25NO2. The first kappa shape index (κ1) is 16.5. The van der Waals surface area contributed by atoms with E-state index in [0.29, 0.717) is 0 Å². The number of piperidine rings is 1. The van der Waals surface area contributed by atoms with Gasteiger partial charge in [-0.05, 0) is 43.5 Å². The Kier molecular flexibility index (Phi) is 4.69. The van der Waals surface area contributed by atoms with E-state index in [4.69, 9.17) is 0 Å². The first-order chi connectivity index (χ1) is 12.2. The number of fused-ring (bicyclic) bond motifs is 1. The van der Waals surface area contributed by atoms with Gasteiger partial charge in [0.1, 0.15) is 0 Å². The molecule has 3 heteroatoms. The minimum Gasteiger partial charge on any atom is -0.391 e. The summed E-state index contributed by atoms with van der Waals surface area (Å²) in [7, 11) is 0. The molecule has 130 valence electrons. The molecule has 1 N–H and O–H groups in total. The van der Waals surface area contributed by atoms with Gasteiger partial charge in [0.15, 0.2) is 5.78 Å². The maximum atomic E-state index is 12.6. The van der Waals surface area contributed by atoms with E-state index in [-0.39, 0.29) is 23.8 Å². The van der Waals surface area contributed by atoms with Gasteiger partial charge in [-0.25, -0.2) is 0 Å². The fourth-order valence-corrected chi connectivity index (χ4v) is 4.38. The van der Waals surface area contributed by atoms with Gasteiger partial charge in [-0.2, -0.15) is 0 Å². The number of carbonyl (C=O) groups is 1. The van der Waals surface area contributed by atoms with Crippen LogP contribution in [0, 0.1) is 5.92 Å². The summed E-state index contributed by atoms with van der Waals surface area (Å²) in [5, 5.41) is 10.6. The van der Waals surface area contributed by atoms with Crippen LogP contribution in [0.2, 0.25) is 0 Å². The largest absolute Gasteiger partial charge is 0.391 e. The van der Waals surface area contributed by atoms with E-state index in [9.17, 15) is 9.90 Å². The summed E-state index contributed by atoms with van der Waals surface area (Å²) in [6, 6.07) is 18.2. The van der Waals surface area contributed by atoms with E-state index in [1.54, 1.807) is 0 Å². The van der Waals surface area contributed by atoms with Crippen molar-refractivity contribution >= 4 is 5.78 Å². The van der Waals surface area contributed by atoms with Gasteiger partial charge in [0.2, 0.25) is 0 Å². The quantitative estimate of drug-likeness (QED) is 0.876. The lowest BCUT2D eigenvalue weighted by Gasteiger charge is -2.41. The Labute approximate surface area is 149 Å². The number of nitrogens with zero attached hydrogens (tertiary/aromatic N) is 1. The third kappa shape index (κ3) is 3.39. The predicted octanol–water partition coefficient (Wildman–Crippen LogP) is 3.11. The van der Waals surface area contributed by atoms with Crippen molar-refractivity contribution in [2.45, 2.75) is 37.8 Å². The molecule has 0 amide bonds. The molecular weight excluding hydrogens is 310 g/mol. The van der Waals surface area contributed by atoms with Crippen LogP contribution in [0.15, 0.2) is 54.6 Å². The molecule has 3 nitrogen and oxygen atoms in total. The van der Waals surface area contributed by atoms with Crippen molar-refractivity contribution in [2.24, 2.45) is 5.92 Å². The summed E-state index contributed by atoms with van der Waals surface area (Å²) < 4.78 is 0. The fraction of sp³-hybridized carbons (Fsp3) is 0.409. The SMILES string of the molecule is O=C(c1ccccc1)C1CCN([C@@H]2Cc3ccccc3C[C@H]2O)CC1. The first-order valence-corrected chi connectivity index (χ1v) is 9.30. The van der Waals surface area contributed by atoms with Crippen LogP contribution in [0.4, 0.5) is 0 Å². The molecule has 1 aliphatic heterocycles. The van der Waals surface area contributed by atoms with Crippen LogP contribution in [-0.2, 0) is 12.8 Å². The number of hydrogen-bond donors (Lipinski definition) is 1. The summed E-state index contributed by atoms with van der Waals surface area (Å²) in [5.74, 6) is 0.390. The van der Waals surface area contributed by atoms with Gasteiger partial charge in [-0.3, -0.25) is 9.69 Å². The van der Waals surface area contributed by atoms with Crippen LogP contribution >= 0.6 is 0 Å². The molecule has 1 aliphatic carbocycles. The number of hydrogen-bond acceptors (Lipinski definition) is 3. The number of Topliss-reactive ketones (excluding diaryl/α,β-unsaturated/α-hetero) is 1. The second-order valence-electron chi connectivity index (χ2n) is 7.35. The van der Waals surface area contributed by atoms with Crippen molar-refractivity contribution in [3.8, 4) is 0 Å². The Morgan fingerprint density at radius 2 is 1.48 bits per heavy atom. The second kappa shape index (κ2) is 7.11. The van der Waals surface area contributed by atoms with Gasteiger partial charge in [0, 0.05) is 23.9 Å². The van der Waals surface area contributed by atoms with Gasteiger partial charge in [0.05, 0.1) is 6.10 Å². The number of aliphatic hydroxyl groups excluding tert-OH is 1. The molecule has 2 aromatic carbocycles. The van der Waals surface area contributed by atoms with E-state index >= 15 is 0 Å². The van der Waals surface area contributed by atoms with Crippen molar-refractivity contribution in [1.82, 2.24) is 4.90 Å². The monoisotopic (exact) mass is 335 g/mol. The summed E-state index contributed by atoms with van der Waals surface area (Å²) in [6.07, 6.45) is 3.12. The Morgan fingerprint density at radius 1 is 0.880 bits per heavy atom. The highest BCUT2D eigenvalue weighted by Crippen LogP contribution is 2.29. The lowest BCUT2D eigenvalue weighted by molar-refractivity contribution is 0.0239. The summed E-state index contributed by atoms with van der Waals surface area (Å²) in [6.45, 7) is 1.79. The molecule has 1 heterocycles. The van der Waals surface area contributed by atoms with Crippen molar-refractivity contribution in [1.29, 1.82) is 0 Å². The Morgan fingerprint density at radius 3 is 2.16 bits per heavy atom. The van der Waals surface area contributed by atoms with Crippen LogP contribution in [-0.4, -0.2) is 41.0 Å². The van der Waals surface area contributed by atoms with Crippen molar-refractivity contribution in [2.75, 3.05) is 13.1 Å². The van der Waals surface area contributed by atoms with Gasteiger partial charge in [-0.1, -0.05) is 54.6 Å². The van der Waals surface area contributed by atoms with Crippen LogP contribution in [0.1, 0.15) is 34.3 Å². The zero-order valence-electron chi connectivity index (χ0n) is 14.5. The Hall–Kier alpha value is -1.97. The van der Waals surface area contributed by atoms with Crippen LogP contribution in [0.5, 0.6) is 0 Å². The molecule has 1 fully saturated rings. The van der Waals surface area contributed by atoms with Crippen LogP contribution < -0.4 is 0 Å². The highest BCUT2D eigenvalue weighted by Gasteiger charge is 2.35. The van der Waals surface area contributed by atoms with E-state index < -0.39 is 0 Å². The molecule has 0 unspecified atom stereocenters. The second-order valence-corrected chi connectivity index (χ2v) is 7.35. The molecule has 0 spiro atoms. The molecule has 25 heavy (non-hydrogen) atoms. The van der Waals surface area contributed by atoms with Crippen molar-refractivity contribution in [3.63, 3.8) is 0 Å². The zero-order valence-corrected chi connectivity index (χ0v) is 14.5. The maximum Gasteiger partial charge on any atom is 0.166 e. The normalized spacial score (nSPS) is 24.7. The molecule has 0 saturated carbocycles. The van der Waals surface area contributed by atoms with E-state index in [2.05, 4.69) is 23.1 Å². The average Bonchev–Trinajstić information content (AvgIpc) is 2.68. The van der Waals surface area contributed by atoms with Gasteiger partial charge >= 0.3 is 0 Å². The van der Waals surface area contributed by atoms with E-state index in [0.717, 1.165) is 44.3 Å². The Balaban J connectivity index is 1.40. The predicted molar refractivity (Wildman–Crippen MR) is 98.7 cm³/mol. The number of carbonyl (C=O) groups excluding carboxylic acids is 1. The average molecular weight is 335 g/mol. The van der Waals surface area contributed by atoms with E-state index in [1.165, 1.54) is 11.1 Å². The number of aliphatic hydroxyl groups is 1. The highest BCUT2D eigenvalue weighted by atomic mass is 16.3. The van der Waals surface area contributed by atoms with Gasteiger partial charge < -0.3 is 5.11 Å². The highest BCUT2D eigenvalue weighted by molar-refractivity contribution is 5.97. The lowest BCUT2D eigenvalue weighted by atomic mass is 9.83. The van der Waals surface area contributed by atoms with Crippen molar-refractivity contribution < 1.29 is 9.90 Å². The standard InChI is InChI=1S/C22H25NO2/c24-21-15-19-9-5-4-8-18(19)14-20(21)23-12-10-17(11-13-23)22(25)16-6-2-1-3-7-16/h1-9,17,20-21,24H,10-15H2/t20-,21-/m1/s1. The van der Waals surface area contributed by atoms with Crippen LogP contribution in [0.25, 0.3) is 0 Å². The molecule has 0 aromatic heterocycles. The number of ketones is 1. The first-order valence-electron chi connectivity index (χ1n) is 9.30. The van der Waals surface area contributed by atoms with E-state index in [1.807, 2.05) is 36.4 Å². The summed E-state index contributed by atoms with van der Waals surface area (Å²) >= 11 is 0. The topological polar surface area (TPSA) is 40.5 Å².